The number of hydrogen-bond donors (Lipinski definition) is 1. The van der Waals surface area contributed by atoms with Gasteiger partial charge >= 0.3 is 6.03 Å². The second-order valence-corrected chi connectivity index (χ2v) is 6.78. The normalized spacial score (nSPS) is 10.9. The van der Waals surface area contributed by atoms with Crippen LogP contribution in [-0.2, 0) is 13.1 Å². The molecule has 0 aliphatic rings. The van der Waals surface area contributed by atoms with Crippen LogP contribution in [0.1, 0.15) is 24.7 Å². The summed E-state index contributed by atoms with van der Waals surface area (Å²) in [5.41, 5.74) is 1.16. The van der Waals surface area contributed by atoms with E-state index in [0.717, 1.165) is 30.1 Å². The highest BCUT2D eigenvalue weighted by Crippen LogP contribution is 2.14. The van der Waals surface area contributed by atoms with Crippen molar-refractivity contribution < 1.29 is 9.53 Å². The number of carbonyl (C=O) groups excluding carboxylic acids is 1. The number of rotatable bonds is 10. The molecule has 1 aromatic carbocycles. The van der Waals surface area contributed by atoms with E-state index in [1.165, 1.54) is 0 Å². The van der Waals surface area contributed by atoms with E-state index < -0.39 is 0 Å². The first-order valence-corrected chi connectivity index (χ1v) is 9.34. The van der Waals surface area contributed by atoms with Crippen molar-refractivity contribution in [3.8, 4) is 5.75 Å². The zero-order valence-electron chi connectivity index (χ0n) is 16.8. The summed E-state index contributed by atoms with van der Waals surface area (Å²) in [6.45, 7) is 5.37. The lowest BCUT2D eigenvalue weighted by Gasteiger charge is -2.24. The lowest BCUT2D eigenvalue weighted by molar-refractivity contribution is 0.186. The van der Waals surface area contributed by atoms with Gasteiger partial charge in [0.1, 0.15) is 11.6 Å². The Hall–Kier alpha value is -2.54. The maximum absolute atomic E-state index is 12.5. The molecule has 148 valence electrons. The molecule has 2 aromatic rings. The molecule has 0 unspecified atom stereocenters. The molecule has 0 aliphatic carbocycles. The molecule has 7 nitrogen and oxygen atoms in total. The van der Waals surface area contributed by atoms with Gasteiger partial charge in [-0.25, -0.2) is 9.78 Å². The van der Waals surface area contributed by atoms with Crippen LogP contribution in [0.4, 0.5) is 4.79 Å². The summed E-state index contributed by atoms with van der Waals surface area (Å²) in [6.07, 6.45) is 4.65. The maximum Gasteiger partial charge on any atom is 0.317 e. The predicted molar refractivity (Wildman–Crippen MR) is 107 cm³/mol. The van der Waals surface area contributed by atoms with Crippen molar-refractivity contribution in [2.45, 2.75) is 26.4 Å². The number of benzene rings is 1. The number of carbonyl (C=O) groups is 1. The average molecular weight is 374 g/mol. The Labute approximate surface area is 161 Å². The number of urea groups is 1. The maximum atomic E-state index is 12.5. The Bertz CT molecular complexity index is 697. The third-order valence-electron chi connectivity index (χ3n) is 4.28. The zero-order chi connectivity index (χ0) is 19.6. The number of ether oxygens (including phenoxy) is 1. The van der Waals surface area contributed by atoms with Gasteiger partial charge in [-0.2, -0.15) is 0 Å². The Morgan fingerprint density at radius 1 is 1.22 bits per heavy atom. The fraction of sp³-hybridized carbons (Fsp3) is 0.500. The second-order valence-electron chi connectivity index (χ2n) is 6.78. The van der Waals surface area contributed by atoms with Gasteiger partial charge < -0.3 is 24.4 Å². The number of amides is 2. The van der Waals surface area contributed by atoms with E-state index in [2.05, 4.69) is 19.8 Å². The average Bonchev–Trinajstić information content (AvgIpc) is 3.10. The van der Waals surface area contributed by atoms with Crippen LogP contribution in [0.15, 0.2) is 36.7 Å². The van der Waals surface area contributed by atoms with Gasteiger partial charge in [0.25, 0.3) is 0 Å². The van der Waals surface area contributed by atoms with Crippen molar-refractivity contribution in [2.24, 2.45) is 0 Å². The molecule has 0 fully saturated rings. The molecule has 0 saturated carbocycles. The molecule has 2 amide bonds. The Morgan fingerprint density at radius 3 is 2.59 bits per heavy atom. The first kappa shape index (κ1) is 20.8. The third-order valence-corrected chi connectivity index (χ3v) is 4.28. The highest BCUT2D eigenvalue weighted by atomic mass is 16.5. The number of aromatic nitrogens is 2. The lowest BCUT2D eigenvalue weighted by Crippen LogP contribution is -2.43. The molecule has 0 bridgehead atoms. The molecule has 0 spiro atoms. The first-order valence-electron chi connectivity index (χ1n) is 9.34. The van der Waals surface area contributed by atoms with Gasteiger partial charge in [0.2, 0.25) is 0 Å². The Balaban J connectivity index is 2.08. The molecule has 0 aliphatic heterocycles. The minimum absolute atomic E-state index is 0.0438. The summed E-state index contributed by atoms with van der Waals surface area (Å²) in [5, 5.41) is 2.97. The number of hydrogen-bond acceptors (Lipinski definition) is 4. The van der Waals surface area contributed by atoms with Crippen LogP contribution in [0, 0.1) is 0 Å². The Morgan fingerprint density at radius 2 is 1.96 bits per heavy atom. The summed E-state index contributed by atoms with van der Waals surface area (Å²) in [7, 11) is 5.67. The SMILES string of the molecule is CCCNC(=O)N(CCN(C)C)Cc1nccn1Cc1ccc(OC)cc1. The number of nitrogens with zero attached hydrogens (tertiary/aromatic N) is 4. The first-order chi connectivity index (χ1) is 13.0. The van der Waals surface area contributed by atoms with Gasteiger partial charge in [0.15, 0.2) is 0 Å². The van der Waals surface area contributed by atoms with E-state index in [4.69, 9.17) is 4.74 Å². The fourth-order valence-electron chi connectivity index (χ4n) is 2.65. The van der Waals surface area contributed by atoms with E-state index in [-0.39, 0.29) is 6.03 Å². The number of likely N-dealkylation sites (N-methyl/N-ethyl adjacent to an activating group) is 1. The third kappa shape index (κ3) is 6.60. The summed E-state index contributed by atoms with van der Waals surface area (Å²) in [4.78, 5) is 20.9. The van der Waals surface area contributed by atoms with Crippen LogP contribution >= 0.6 is 0 Å². The minimum Gasteiger partial charge on any atom is -0.497 e. The van der Waals surface area contributed by atoms with Crippen LogP contribution in [0.2, 0.25) is 0 Å². The van der Waals surface area contributed by atoms with E-state index >= 15 is 0 Å². The van der Waals surface area contributed by atoms with Crippen LogP contribution in [0.5, 0.6) is 5.75 Å². The number of nitrogens with one attached hydrogen (secondary N) is 1. The van der Waals surface area contributed by atoms with Crippen molar-refractivity contribution in [3.63, 3.8) is 0 Å². The summed E-state index contributed by atoms with van der Waals surface area (Å²) >= 11 is 0. The molecule has 1 heterocycles. The highest BCUT2D eigenvalue weighted by molar-refractivity contribution is 5.74. The molecular formula is C20H31N5O2. The van der Waals surface area contributed by atoms with E-state index in [1.54, 1.807) is 13.3 Å². The number of methoxy groups -OCH3 is 1. The summed E-state index contributed by atoms with van der Waals surface area (Å²) in [6, 6.07) is 7.94. The van der Waals surface area contributed by atoms with Gasteiger partial charge in [-0.15, -0.1) is 0 Å². The van der Waals surface area contributed by atoms with Gasteiger partial charge in [-0.3, -0.25) is 0 Å². The van der Waals surface area contributed by atoms with Gasteiger partial charge in [-0.05, 0) is 38.2 Å². The van der Waals surface area contributed by atoms with Crippen LogP contribution in [-0.4, -0.2) is 66.2 Å². The van der Waals surface area contributed by atoms with Crippen LogP contribution in [0.25, 0.3) is 0 Å². The molecule has 2 rings (SSSR count). The van der Waals surface area contributed by atoms with Crippen molar-refractivity contribution in [1.29, 1.82) is 0 Å². The van der Waals surface area contributed by atoms with Gasteiger partial charge in [0.05, 0.1) is 13.7 Å². The molecule has 0 atom stereocenters. The second kappa shape index (κ2) is 10.6. The topological polar surface area (TPSA) is 62.6 Å². The van der Waals surface area contributed by atoms with Gasteiger partial charge in [0, 0.05) is 38.6 Å². The van der Waals surface area contributed by atoms with Crippen molar-refractivity contribution in [1.82, 2.24) is 24.7 Å². The molecule has 7 heteroatoms. The van der Waals surface area contributed by atoms with Crippen LogP contribution in [0.3, 0.4) is 0 Å². The molecule has 0 radical (unpaired) electrons. The summed E-state index contributed by atoms with van der Waals surface area (Å²) in [5.74, 6) is 1.71. The molecule has 1 N–H and O–H groups in total. The van der Waals surface area contributed by atoms with Crippen LogP contribution < -0.4 is 10.1 Å². The summed E-state index contributed by atoms with van der Waals surface area (Å²) < 4.78 is 7.29. The molecule has 0 saturated heterocycles. The smallest absolute Gasteiger partial charge is 0.317 e. The highest BCUT2D eigenvalue weighted by Gasteiger charge is 2.16. The fourth-order valence-corrected chi connectivity index (χ4v) is 2.65. The molecular weight excluding hydrogens is 342 g/mol. The largest absolute Gasteiger partial charge is 0.497 e. The quantitative estimate of drug-likeness (QED) is 0.695. The van der Waals surface area contributed by atoms with Gasteiger partial charge in [-0.1, -0.05) is 19.1 Å². The van der Waals surface area contributed by atoms with E-state index in [1.807, 2.05) is 56.4 Å². The number of imidazole rings is 1. The standard InChI is InChI=1S/C20H31N5O2/c1-5-10-22-20(26)25(14-13-23(2)3)16-19-21-11-12-24(19)15-17-6-8-18(27-4)9-7-17/h6-9,11-12H,5,10,13-16H2,1-4H3,(H,22,26). The lowest BCUT2D eigenvalue weighted by atomic mass is 10.2. The van der Waals surface area contributed by atoms with E-state index in [9.17, 15) is 4.79 Å². The monoisotopic (exact) mass is 373 g/mol. The Kier molecular flexibility index (Phi) is 8.13. The predicted octanol–water partition coefficient (Wildman–Crippen LogP) is 2.42. The van der Waals surface area contributed by atoms with Crippen molar-refractivity contribution >= 4 is 6.03 Å². The van der Waals surface area contributed by atoms with E-state index in [0.29, 0.717) is 26.2 Å². The minimum atomic E-state index is -0.0438. The molecule has 27 heavy (non-hydrogen) atoms. The van der Waals surface area contributed by atoms with Crippen molar-refractivity contribution in [3.05, 3.63) is 48.0 Å². The molecule has 1 aromatic heterocycles. The zero-order valence-corrected chi connectivity index (χ0v) is 16.8. The van der Waals surface area contributed by atoms with Crippen molar-refractivity contribution in [2.75, 3.05) is 40.8 Å².